The normalized spacial score (nSPS) is 29.6. The molecule has 0 bridgehead atoms. The third-order valence-electron chi connectivity index (χ3n) is 5.24. The fraction of sp³-hybridized carbons (Fsp3) is 0.688. The molecule has 1 aromatic rings. The third kappa shape index (κ3) is 3.57. The molecule has 0 N–H and O–H groups in total. The van der Waals surface area contributed by atoms with Crippen molar-refractivity contribution in [3.63, 3.8) is 0 Å². The van der Waals surface area contributed by atoms with Crippen LogP contribution in [0, 0.1) is 11.3 Å². The predicted molar refractivity (Wildman–Crippen MR) is 88.3 cm³/mol. The van der Waals surface area contributed by atoms with E-state index >= 15 is 0 Å². The Morgan fingerprint density at radius 2 is 2.09 bits per heavy atom. The van der Waals surface area contributed by atoms with Gasteiger partial charge in [-0.25, -0.2) is 12.7 Å². The van der Waals surface area contributed by atoms with Gasteiger partial charge in [0.2, 0.25) is 10.0 Å². The maximum Gasteiger partial charge on any atom is 0.211 e. The topological polar surface area (TPSA) is 62.7 Å². The number of aromatic nitrogens is 1. The molecule has 2 aliphatic heterocycles. The number of fused-ring (bicyclic) bond motifs is 1. The van der Waals surface area contributed by atoms with E-state index in [9.17, 15) is 8.42 Å². The van der Waals surface area contributed by atoms with Crippen LogP contribution in [-0.4, -0.2) is 68.8 Å². The average Bonchev–Trinajstić information content (AvgIpc) is 2.88. The molecule has 128 valence electrons. The van der Waals surface area contributed by atoms with Crippen LogP contribution in [0.5, 0.6) is 0 Å². The molecule has 2 fully saturated rings. The summed E-state index contributed by atoms with van der Waals surface area (Å²) in [6.07, 6.45) is 5.91. The third-order valence-corrected chi connectivity index (χ3v) is 6.46. The number of hydrogen-bond acceptors (Lipinski definition) is 5. The number of rotatable bonds is 5. The van der Waals surface area contributed by atoms with Crippen molar-refractivity contribution >= 4 is 10.0 Å². The van der Waals surface area contributed by atoms with E-state index in [0.29, 0.717) is 25.6 Å². The van der Waals surface area contributed by atoms with Crippen LogP contribution in [0.4, 0.5) is 0 Å². The Kier molecular flexibility index (Phi) is 4.73. The van der Waals surface area contributed by atoms with Crippen molar-refractivity contribution in [2.45, 2.75) is 13.0 Å². The minimum Gasteiger partial charge on any atom is -0.384 e. The van der Waals surface area contributed by atoms with E-state index in [1.165, 1.54) is 11.8 Å². The fourth-order valence-corrected chi connectivity index (χ4v) is 4.91. The second kappa shape index (κ2) is 6.47. The Balaban J connectivity index is 1.73. The number of nitrogens with zero attached hydrogens (tertiary/aromatic N) is 3. The summed E-state index contributed by atoms with van der Waals surface area (Å²) in [5.74, 6) is 0.327. The van der Waals surface area contributed by atoms with Gasteiger partial charge in [-0.15, -0.1) is 0 Å². The highest BCUT2D eigenvalue weighted by Gasteiger charge is 2.51. The number of hydrogen-bond donors (Lipinski definition) is 0. The summed E-state index contributed by atoms with van der Waals surface area (Å²) in [6, 6.07) is 4.07. The lowest BCUT2D eigenvalue weighted by Gasteiger charge is -2.43. The van der Waals surface area contributed by atoms with Crippen LogP contribution in [0.3, 0.4) is 0 Å². The van der Waals surface area contributed by atoms with E-state index < -0.39 is 10.0 Å². The van der Waals surface area contributed by atoms with Crippen molar-refractivity contribution in [3.8, 4) is 0 Å². The number of methoxy groups -OCH3 is 1. The van der Waals surface area contributed by atoms with Crippen LogP contribution in [0.2, 0.25) is 0 Å². The van der Waals surface area contributed by atoms with Crippen molar-refractivity contribution in [1.82, 2.24) is 14.2 Å². The summed E-state index contributed by atoms with van der Waals surface area (Å²) in [5, 5.41) is 0. The van der Waals surface area contributed by atoms with E-state index in [-0.39, 0.29) is 5.41 Å². The largest absolute Gasteiger partial charge is 0.384 e. The molecule has 0 unspecified atom stereocenters. The number of ether oxygens (including phenoxy) is 1. The van der Waals surface area contributed by atoms with Crippen molar-refractivity contribution in [1.29, 1.82) is 0 Å². The van der Waals surface area contributed by atoms with Gasteiger partial charge in [-0.3, -0.25) is 9.88 Å². The summed E-state index contributed by atoms with van der Waals surface area (Å²) in [6.45, 7) is 4.60. The quantitative estimate of drug-likeness (QED) is 0.794. The first-order valence-electron chi connectivity index (χ1n) is 7.98. The van der Waals surface area contributed by atoms with Gasteiger partial charge in [0.1, 0.15) is 0 Å². The molecule has 0 saturated carbocycles. The summed E-state index contributed by atoms with van der Waals surface area (Å²) in [7, 11) is -1.44. The van der Waals surface area contributed by atoms with Crippen LogP contribution in [0.15, 0.2) is 24.5 Å². The zero-order valence-electron chi connectivity index (χ0n) is 13.8. The molecule has 23 heavy (non-hydrogen) atoms. The Morgan fingerprint density at radius 1 is 1.35 bits per heavy atom. The predicted octanol–water partition coefficient (Wildman–Crippen LogP) is 0.812. The number of piperidine rings is 1. The molecule has 0 radical (unpaired) electrons. The summed E-state index contributed by atoms with van der Waals surface area (Å²) in [5.41, 5.74) is 1.21. The molecule has 0 spiro atoms. The van der Waals surface area contributed by atoms with Gasteiger partial charge in [0.25, 0.3) is 0 Å². The summed E-state index contributed by atoms with van der Waals surface area (Å²) >= 11 is 0. The highest BCUT2D eigenvalue weighted by atomic mass is 32.2. The maximum absolute atomic E-state index is 12.0. The first kappa shape index (κ1) is 16.8. The first-order chi connectivity index (χ1) is 10.9. The summed E-state index contributed by atoms with van der Waals surface area (Å²) in [4.78, 5) is 6.47. The summed E-state index contributed by atoms with van der Waals surface area (Å²) < 4.78 is 31.0. The van der Waals surface area contributed by atoms with E-state index in [4.69, 9.17) is 4.74 Å². The molecular formula is C16H25N3O3S. The van der Waals surface area contributed by atoms with E-state index in [1.54, 1.807) is 11.4 Å². The molecular weight excluding hydrogens is 314 g/mol. The van der Waals surface area contributed by atoms with Crippen LogP contribution >= 0.6 is 0 Å². The van der Waals surface area contributed by atoms with E-state index in [1.807, 2.05) is 24.5 Å². The molecule has 0 aromatic carbocycles. The lowest BCUT2D eigenvalue weighted by Crippen LogP contribution is -2.48. The highest BCUT2D eigenvalue weighted by Crippen LogP contribution is 2.44. The van der Waals surface area contributed by atoms with Gasteiger partial charge in [0.15, 0.2) is 0 Å². The van der Waals surface area contributed by atoms with Gasteiger partial charge in [0, 0.05) is 51.1 Å². The lowest BCUT2D eigenvalue weighted by atomic mass is 9.73. The van der Waals surface area contributed by atoms with Gasteiger partial charge >= 0.3 is 0 Å². The number of sulfonamides is 1. The molecule has 2 saturated heterocycles. The molecule has 1 aromatic heterocycles. The molecule has 0 aliphatic carbocycles. The highest BCUT2D eigenvalue weighted by molar-refractivity contribution is 7.88. The van der Waals surface area contributed by atoms with Crippen molar-refractivity contribution in [2.24, 2.45) is 11.3 Å². The minimum absolute atomic E-state index is 0.0351. The molecule has 0 amide bonds. The van der Waals surface area contributed by atoms with Gasteiger partial charge in [-0.05, 0) is 36.6 Å². The molecule has 2 aliphatic rings. The van der Waals surface area contributed by atoms with Gasteiger partial charge < -0.3 is 4.74 Å². The van der Waals surface area contributed by atoms with Gasteiger partial charge in [-0.2, -0.15) is 0 Å². The molecule has 6 nitrogen and oxygen atoms in total. The molecule has 3 heterocycles. The Morgan fingerprint density at radius 3 is 2.74 bits per heavy atom. The average molecular weight is 339 g/mol. The second-order valence-electron chi connectivity index (χ2n) is 6.89. The van der Waals surface area contributed by atoms with Gasteiger partial charge in [-0.1, -0.05) is 0 Å². The van der Waals surface area contributed by atoms with Crippen molar-refractivity contribution in [3.05, 3.63) is 30.1 Å². The Bertz CT molecular complexity index is 637. The Labute approximate surface area is 138 Å². The first-order valence-corrected chi connectivity index (χ1v) is 9.83. The SMILES string of the molecule is COC[C@@]12CCN(Cc3ccncc3)C[C@@H]1CN(S(C)(=O)=O)C2. The monoisotopic (exact) mass is 339 g/mol. The van der Waals surface area contributed by atoms with E-state index in [0.717, 1.165) is 26.1 Å². The molecule has 2 atom stereocenters. The number of likely N-dealkylation sites (tertiary alicyclic amines) is 1. The van der Waals surface area contributed by atoms with Crippen molar-refractivity contribution < 1.29 is 13.2 Å². The Hall–Kier alpha value is -1.02. The van der Waals surface area contributed by atoms with Crippen LogP contribution < -0.4 is 0 Å². The van der Waals surface area contributed by atoms with E-state index in [2.05, 4.69) is 9.88 Å². The van der Waals surface area contributed by atoms with Crippen LogP contribution in [-0.2, 0) is 21.3 Å². The second-order valence-corrected chi connectivity index (χ2v) is 8.87. The van der Waals surface area contributed by atoms with Crippen LogP contribution in [0.25, 0.3) is 0 Å². The number of pyridine rings is 1. The zero-order valence-corrected chi connectivity index (χ0v) is 14.6. The fourth-order valence-electron chi connectivity index (χ4n) is 3.97. The molecule has 3 rings (SSSR count). The lowest BCUT2D eigenvalue weighted by molar-refractivity contribution is -0.00109. The smallest absolute Gasteiger partial charge is 0.211 e. The molecule has 7 heteroatoms. The van der Waals surface area contributed by atoms with Crippen molar-refractivity contribution in [2.75, 3.05) is 46.2 Å². The van der Waals surface area contributed by atoms with Gasteiger partial charge in [0.05, 0.1) is 12.9 Å². The van der Waals surface area contributed by atoms with Crippen LogP contribution in [0.1, 0.15) is 12.0 Å². The standard InChI is InChI=1S/C16H25N3O3S/c1-22-13-16-5-8-18(9-14-3-6-17-7-4-14)10-15(16)11-19(12-16)23(2,20)21/h3-4,6-7,15H,5,8-13H2,1-2H3/t15-,16+/m1/s1. The minimum atomic E-state index is -3.14. The maximum atomic E-state index is 12.0. The zero-order chi connectivity index (χ0) is 16.5.